The lowest BCUT2D eigenvalue weighted by Crippen LogP contribution is -2.49. The number of hydrogen-bond acceptors (Lipinski definition) is 5. The fourth-order valence-electron chi connectivity index (χ4n) is 2.76. The molecule has 0 spiro atoms. The van der Waals surface area contributed by atoms with Crippen LogP contribution in [0.4, 0.5) is 0 Å². The zero-order valence-corrected chi connectivity index (χ0v) is 14.0. The Morgan fingerprint density at radius 1 is 1.19 bits per heavy atom. The van der Waals surface area contributed by atoms with Gasteiger partial charge in [0.1, 0.15) is 0 Å². The van der Waals surface area contributed by atoms with Crippen molar-refractivity contribution in [2.24, 2.45) is 0 Å². The number of aryl methyl sites for hydroxylation is 1. The van der Waals surface area contributed by atoms with Crippen LogP contribution in [0.15, 0.2) is 17.6 Å². The number of nitrogens with zero attached hydrogens (tertiary/aromatic N) is 4. The molecule has 7 heteroatoms. The Bertz CT molecular complexity index is 545. The molecule has 1 fully saturated rings. The first-order valence-electron chi connectivity index (χ1n) is 7.55. The highest BCUT2D eigenvalue weighted by atomic mass is 32.2. The molecule has 1 saturated heterocycles. The lowest BCUT2D eigenvalue weighted by atomic mass is 10.2. The van der Waals surface area contributed by atoms with E-state index in [9.17, 15) is 8.42 Å². The van der Waals surface area contributed by atoms with Crippen molar-refractivity contribution in [3.63, 3.8) is 0 Å². The summed E-state index contributed by atoms with van der Waals surface area (Å²) in [5, 5.41) is 0.173. The van der Waals surface area contributed by atoms with Crippen LogP contribution in [0.5, 0.6) is 0 Å². The normalized spacial score (nSPS) is 18.5. The second kappa shape index (κ2) is 6.89. The molecular formula is C14H26N4O2S. The van der Waals surface area contributed by atoms with Gasteiger partial charge >= 0.3 is 0 Å². The maximum absolute atomic E-state index is 11.6. The van der Waals surface area contributed by atoms with Gasteiger partial charge in [-0.1, -0.05) is 0 Å². The van der Waals surface area contributed by atoms with E-state index < -0.39 is 9.84 Å². The first kappa shape index (κ1) is 16.5. The van der Waals surface area contributed by atoms with Crippen molar-refractivity contribution in [2.45, 2.75) is 38.0 Å². The molecule has 1 aromatic heterocycles. The third-order valence-corrected chi connectivity index (χ3v) is 5.02. The number of hydrogen-bond donors (Lipinski definition) is 0. The average molecular weight is 314 g/mol. The molecule has 1 aliphatic rings. The number of rotatable bonds is 6. The van der Waals surface area contributed by atoms with Crippen molar-refractivity contribution in [3.05, 3.63) is 12.4 Å². The summed E-state index contributed by atoms with van der Waals surface area (Å²) in [5.74, 6) is 0. The van der Waals surface area contributed by atoms with E-state index in [1.54, 1.807) is 17.0 Å². The van der Waals surface area contributed by atoms with Crippen LogP contribution < -0.4 is 0 Å². The van der Waals surface area contributed by atoms with Crippen molar-refractivity contribution in [2.75, 3.05) is 39.0 Å². The van der Waals surface area contributed by atoms with Gasteiger partial charge in [0, 0.05) is 57.4 Å². The van der Waals surface area contributed by atoms with E-state index in [1.165, 1.54) is 6.26 Å². The first-order chi connectivity index (χ1) is 9.88. The van der Waals surface area contributed by atoms with Gasteiger partial charge < -0.3 is 9.47 Å². The Kier molecular flexibility index (Phi) is 5.40. The lowest BCUT2D eigenvalue weighted by molar-refractivity contribution is 0.107. The number of piperazine rings is 1. The Morgan fingerprint density at radius 3 is 2.43 bits per heavy atom. The van der Waals surface area contributed by atoms with Crippen LogP contribution in [-0.4, -0.2) is 72.8 Å². The van der Waals surface area contributed by atoms with Gasteiger partial charge in [-0.2, -0.15) is 0 Å². The number of imidazole rings is 1. The Morgan fingerprint density at radius 2 is 1.86 bits per heavy atom. The van der Waals surface area contributed by atoms with Crippen molar-refractivity contribution in [1.82, 2.24) is 19.4 Å². The number of sulfone groups is 1. The molecule has 6 nitrogen and oxygen atoms in total. The van der Waals surface area contributed by atoms with E-state index in [2.05, 4.69) is 28.6 Å². The van der Waals surface area contributed by atoms with Crippen LogP contribution in [0.25, 0.3) is 0 Å². The van der Waals surface area contributed by atoms with E-state index in [0.29, 0.717) is 12.6 Å². The summed E-state index contributed by atoms with van der Waals surface area (Å²) >= 11 is 0. The van der Waals surface area contributed by atoms with Gasteiger partial charge in [-0.05, 0) is 26.8 Å². The summed E-state index contributed by atoms with van der Waals surface area (Å²) in [7, 11) is -3.23. The molecule has 0 amide bonds. The molecule has 0 aromatic carbocycles. The predicted octanol–water partition coefficient (Wildman–Crippen LogP) is 0.703. The molecule has 0 unspecified atom stereocenters. The molecule has 2 rings (SSSR count). The second-order valence-electron chi connectivity index (χ2n) is 6.00. The minimum Gasteiger partial charge on any atom is -0.322 e. The molecule has 21 heavy (non-hydrogen) atoms. The third kappa shape index (κ3) is 4.52. The molecule has 0 aliphatic carbocycles. The van der Waals surface area contributed by atoms with Gasteiger partial charge in [0.05, 0.1) is 0 Å². The first-order valence-corrected chi connectivity index (χ1v) is 9.44. The van der Waals surface area contributed by atoms with Crippen LogP contribution in [0.1, 0.15) is 20.3 Å². The van der Waals surface area contributed by atoms with E-state index in [1.807, 2.05) is 0 Å². The zero-order valence-electron chi connectivity index (χ0n) is 13.2. The molecule has 0 N–H and O–H groups in total. The van der Waals surface area contributed by atoms with E-state index in [-0.39, 0.29) is 5.16 Å². The van der Waals surface area contributed by atoms with Crippen LogP contribution in [0.2, 0.25) is 0 Å². The van der Waals surface area contributed by atoms with Gasteiger partial charge in [0.25, 0.3) is 0 Å². The quantitative estimate of drug-likeness (QED) is 0.774. The van der Waals surface area contributed by atoms with Crippen LogP contribution in [-0.2, 0) is 16.4 Å². The average Bonchev–Trinajstić information content (AvgIpc) is 2.88. The fraction of sp³-hybridized carbons (Fsp3) is 0.786. The van der Waals surface area contributed by atoms with Crippen LogP contribution >= 0.6 is 0 Å². The zero-order chi connectivity index (χ0) is 15.5. The summed E-state index contributed by atoms with van der Waals surface area (Å²) in [6, 6.07) is 0.621. The van der Waals surface area contributed by atoms with Gasteiger partial charge in [-0.15, -0.1) is 0 Å². The van der Waals surface area contributed by atoms with E-state index in [0.717, 1.165) is 39.1 Å². The largest absolute Gasteiger partial charge is 0.322 e. The monoisotopic (exact) mass is 314 g/mol. The maximum atomic E-state index is 11.6. The highest BCUT2D eigenvalue weighted by Crippen LogP contribution is 2.09. The molecule has 0 radical (unpaired) electrons. The van der Waals surface area contributed by atoms with Crippen LogP contribution in [0.3, 0.4) is 0 Å². The standard InChI is InChI=1S/C14H26N4O2S/c1-13(2)17-11-9-16(10-12-17)6-4-7-18-8-5-15-14(18)21(3,19)20/h5,8,13H,4,6-7,9-12H2,1-3H3. The molecule has 1 aliphatic heterocycles. The minimum absolute atomic E-state index is 0.173. The smallest absolute Gasteiger partial charge is 0.227 e. The van der Waals surface area contributed by atoms with Gasteiger partial charge in [0.15, 0.2) is 0 Å². The predicted molar refractivity (Wildman–Crippen MR) is 83.1 cm³/mol. The molecule has 0 saturated carbocycles. The van der Waals surface area contributed by atoms with E-state index >= 15 is 0 Å². The third-order valence-electron chi connectivity index (χ3n) is 4.02. The van der Waals surface area contributed by atoms with Crippen LogP contribution in [0, 0.1) is 0 Å². The second-order valence-corrected chi connectivity index (χ2v) is 7.91. The van der Waals surface area contributed by atoms with E-state index in [4.69, 9.17) is 0 Å². The Labute approximate surface area is 127 Å². The lowest BCUT2D eigenvalue weighted by Gasteiger charge is -2.36. The van der Waals surface area contributed by atoms with Gasteiger partial charge in [-0.25, -0.2) is 13.4 Å². The summed E-state index contributed by atoms with van der Waals surface area (Å²) in [6.07, 6.45) is 5.45. The summed E-state index contributed by atoms with van der Waals surface area (Å²) in [5.41, 5.74) is 0. The molecule has 0 atom stereocenters. The molecule has 0 bridgehead atoms. The minimum atomic E-state index is -3.23. The highest BCUT2D eigenvalue weighted by molar-refractivity contribution is 7.90. The van der Waals surface area contributed by atoms with Crippen molar-refractivity contribution in [3.8, 4) is 0 Å². The fourth-order valence-corrected chi connectivity index (χ4v) is 3.59. The Balaban J connectivity index is 1.77. The number of aromatic nitrogens is 2. The van der Waals surface area contributed by atoms with Crippen molar-refractivity contribution >= 4 is 9.84 Å². The van der Waals surface area contributed by atoms with Crippen molar-refractivity contribution < 1.29 is 8.42 Å². The van der Waals surface area contributed by atoms with Crippen molar-refractivity contribution in [1.29, 1.82) is 0 Å². The molecular weight excluding hydrogens is 288 g/mol. The molecule has 2 heterocycles. The SMILES string of the molecule is CC(C)N1CCN(CCCn2ccnc2S(C)(=O)=O)CC1. The Hall–Kier alpha value is -0.920. The summed E-state index contributed by atoms with van der Waals surface area (Å²) < 4.78 is 24.9. The van der Waals surface area contributed by atoms with Gasteiger partial charge in [0.2, 0.25) is 15.0 Å². The molecule has 120 valence electrons. The molecule has 1 aromatic rings. The summed E-state index contributed by atoms with van der Waals surface area (Å²) in [4.78, 5) is 8.89. The summed E-state index contributed by atoms with van der Waals surface area (Å²) in [6.45, 7) is 10.6. The topological polar surface area (TPSA) is 58.4 Å². The maximum Gasteiger partial charge on any atom is 0.227 e. The van der Waals surface area contributed by atoms with Gasteiger partial charge in [-0.3, -0.25) is 4.90 Å². The highest BCUT2D eigenvalue weighted by Gasteiger charge is 2.19.